The Morgan fingerprint density at radius 2 is 2.24 bits per heavy atom. The van der Waals surface area contributed by atoms with Crippen LogP contribution in [-0.2, 0) is 7.05 Å². The van der Waals surface area contributed by atoms with E-state index in [9.17, 15) is 4.79 Å². The summed E-state index contributed by atoms with van der Waals surface area (Å²) in [5, 5.41) is 4.11. The molecule has 2 heterocycles. The minimum Gasteiger partial charge on any atom is -0.289 e. The van der Waals surface area contributed by atoms with Crippen LogP contribution in [0.4, 0.5) is 0 Å². The molecule has 2 aromatic rings. The van der Waals surface area contributed by atoms with E-state index in [1.165, 1.54) is 0 Å². The summed E-state index contributed by atoms with van der Waals surface area (Å²) in [6.07, 6.45) is 8.26. The Kier molecular flexibility index (Phi) is 3.14. The standard InChI is InChI=1S/C13H13N3O/c1-10-11(9-15-16(10)2)5-6-13(17)12-4-3-7-14-8-12/h3-9H,1-2H3/b6-5+. The number of carbonyl (C=O) groups excluding carboxylic acids is 1. The number of rotatable bonds is 3. The highest BCUT2D eigenvalue weighted by Crippen LogP contribution is 2.08. The van der Waals surface area contributed by atoms with Gasteiger partial charge in [0.25, 0.3) is 0 Å². The first kappa shape index (κ1) is 11.3. The number of pyridine rings is 1. The van der Waals surface area contributed by atoms with E-state index in [0.29, 0.717) is 5.56 Å². The smallest absolute Gasteiger partial charge is 0.187 e. The molecule has 0 fully saturated rings. The highest BCUT2D eigenvalue weighted by atomic mass is 16.1. The van der Waals surface area contributed by atoms with Gasteiger partial charge >= 0.3 is 0 Å². The van der Waals surface area contributed by atoms with Gasteiger partial charge in [-0.05, 0) is 31.2 Å². The van der Waals surface area contributed by atoms with Gasteiger partial charge in [0.1, 0.15) is 0 Å². The molecule has 0 aliphatic carbocycles. The molecule has 86 valence electrons. The van der Waals surface area contributed by atoms with Gasteiger partial charge in [0.15, 0.2) is 5.78 Å². The van der Waals surface area contributed by atoms with Gasteiger partial charge in [-0.25, -0.2) is 0 Å². The summed E-state index contributed by atoms with van der Waals surface area (Å²) >= 11 is 0. The normalized spacial score (nSPS) is 10.9. The molecule has 17 heavy (non-hydrogen) atoms. The van der Waals surface area contributed by atoms with Gasteiger partial charge in [-0.3, -0.25) is 14.5 Å². The van der Waals surface area contributed by atoms with Crippen molar-refractivity contribution >= 4 is 11.9 Å². The van der Waals surface area contributed by atoms with E-state index >= 15 is 0 Å². The maximum absolute atomic E-state index is 11.8. The van der Waals surface area contributed by atoms with E-state index in [4.69, 9.17) is 0 Å². The van der Waals surface area contributed by atoms with Crippen LogP contribution >= 0.6 is 0 Å². The van der Waals surface area contributed by atoms with E-state index in [2.05, 4.69) is 10.1 Å². The first-order chi connectivity index (χ1) is 8.18. The second kappa shape index (κ2) is 4.74. The van der Waals surface area contributed by atoms with Gasteiger partial charge in [0, 0.05) is 36.3 Å². The zero-order valence-corrected chi connectivity index (χ0v) is 9.79. The van der Waals surface area contributed by atoms with Crippen molar-refractivity contribution in [3.63, 3.8) is 0 Å². The van der Waals surface area contributed by atoms with Crippen molar-refractivity contribution in [2.45, 2.75) is 6.92 Å². The Hall–Kier alpha value is -2.23. The van der Waals surface area contributed by atoms with E-state index in [-0.39, 0.29) is 5.78 Å². The SMILES string of the molecule is Cc1c(/C=C/C(=O)c2cccnc2)cnn1C. The number of hydrogen-bond acceptors (Lipinski definition) is 3. The van der Waals surface area contributed by atoms with Crippen LogP contribution in [0.2, 0.25) is 0 Å². The van der Waals surface area contributed by atoms with Gasteiger partial charge in [0.05, 0.1) is 6.20 Å². The summed E-state index contributed by atoms with van der Waals surface area (Å²) in [5.74, 6) is -0.0543. The largest absolute Gasteiger partial charge is 0.289 e. The molecule has 0 saturated heterocycles. The first-order valence-electron chi connectivity index (χ1n) is 5.29. The molecule has 0 atom stereocenters. The molecular formula is C13H13N3O. The number of hydrogen-bond donors (Lipinski definition) is 0. The monoisotopic (exact) mass is 227 g/mol. The predicted molar refractivity (Wildman–Crippen MR) is 65.5 cm³/mol. The number of nitrogens with zero attached hydrogens (tertiary/aromatic N) is 3. The molecule has 2 aromatic heterocycles. The lowest BCUT2D eigenvalue weighted by Crippen LogP contribution is -1.95. The molecule has 0 aromatic carbocycles. The molecule has 4 nitrogen and oxygen atoms in total. The minimum absolute atomic E-state index is 0.0543. The molecule has 2 rings (SSSR count). The van der Waals surface area contributed by atoms with Crippen LogP contribution in [0.15, 0.2) is 36.8 Å². The van der Waals surface area contributed by atoms with Crippen molar-refractivity contribution in [2.75, 3.05) is 0 Å². The Bertz CT molecular complexity index is 555. The molecule has 4 heteroatoms. The molecule has 0 aliphatic heterocycles. The zero-order chi connectivity index (χ0) is 12.3. The van der Waals surface area contributed by atoms with E-state index in [1.54, 1.807) is 47.6 Å². The molecular weight excluding hydrogens is 214 g/mol. The zero-order valence-electron chi connectivity index (χ0n) is 9.79. The Balaban J connectivity index is 2.17. The van der Waals surface area contributed by atoms with Gasteiger partial charge in [-0.1, -0.05) is 0 Å². The number of aryl methyl sites for hydroxylation is 1. The van der Waals surface area contributed by atoms with Crippen LogP contribution in [0.25, 0.3) is 6.08 Å². The van der Waals surface area contributed by atoms with Crippen molar-refractivity contribution in [2.24, 2.45) is 7.05 Å². The lowest BCUT2D eigenvalue weighted by Gasteiger charge is -1.95. The quantitative estimate of drug-likeness (QED) is 0.595. The second-order valence-electron chi connectivity index (χ2n) is 3.75. The average molecular weight is 227 g/mol. The lowest BCUT2D eigenvalue weighted by atomic mass is 10.1. The summed E-state index contributed by atoms with van der Waals surface area (Å²) in [4.78, 5) is 15.7. The Morgan fingerprint density at radius 1 is 1.41 bits per heavy atom. The summed E-state index contributed by atoms with van der Waals surface area (Å²) in [5.41, 5.74) is 2.57. The highest BCUT2D eigenvalue weighted by molar-refractivity contribution is 6.06. The Morgan fingerprint density at radius 3 is 2.82 bits per heavy atom. The van der Waals surface area contributed by atoms with Crippen molar-refractivity contribution in [3.05, 3.63) is 53.6 Å². The van der Waals surface area contributed by atoms with Crippen molar-refractivity contribution in [3.8, 4) is 0 Å². The van der Waals surface area contributed by atoms with Crippen molar-refractivity contribution < 1.29 is 4.79 Å². The molecule has 0 aliphatic rings. The summed E-state index contributed by atoms with van der Waals surface area (Å²) in [7, 11) is 1.87. The first-order valence-corrected chi connectivity index (χ1v) is 5.29. The number of carbonyl (C=O) groups is 1. The fraction of sp³-hybridized carbons (Fsp3) is 0.154. The van der Waals surface area contributed by atoms with Crippen LogP contribution in [0, 0.1) is 6.92 Å². The highest BCUT2D eigenvalue weighted by Gasteiger charge is 2.03. The molecule has 0 bridgehead atoms. The molecule has 0 saturated carbocycles. The molecule has 0 spiro atoms. The minimum atomic E-state index is -0.0543. The van der Waals surface area contributed by atoms with Crippen LogP contribution < -0.4 is 0 Å². The predicted octanol–water partition coefficient (Wildman–Crippen LogP) is 2.02. The topological polar surface area (TPSA) is 47.8 Å². The van der Waals surface area contributed by atoms with Crippen LogP contribution in [-0.4, -0.2) is 20.5 Å². The van der Waals surface area contributed by atoms with E-state index in [1.807, 2.05) is 14.0 Å². The van der Waals surface area contributed by atoms with Gasteiger partial charge in [-0.2, -0.15) is 5.10 Å². The third-order valence-corrected chi connectivity index (χ3v) is 2.63. The maximum Gasteiger partial charge on any atom is 0.187 e. The average Bonchev–Trinajstić information content (AvgIpc) is 2.68. The van der Waals surface area contributed by atoms with Gasteiger partial charge in [-0.15, -0.1) is 0 Å². The summed E-state index contributed by atoms with van der Waals surface area (Å²) in [6.45, 7) is 1.96. The molecule has 0 unspecified atom stereocenters. The number of aromatic nitrogens is 3. The van der Waals surface area contributed by atoms with Crippen molar-refractivity contribution in [1.29, 1.82) is 0 Å². The van der Waals surface area contributed by atoms with Crippen molar-refractivity contribution in [1.82, 2.24) is 14.8 Å². The van der Waals surface area contributed by atoms with Crippen LogP contribution in [0.5, 0.6) is 0 Å². The lowest BCUT2D eigenvalue weighted by molar-refractivity contribution is 0.104. The molecule has 0 N–H and O–H groups in total. The van der Waals surface area contributed by atoms with Gasteiger partial charge in [0.2, 0.25) is 0 Å². The van der Waals surface area contributed by atoms with Crippen LogP contribution in [0.1, 0.15) is 21.6 Å². The van der Waals surface area contributed by atoms with E-state index < -0.39 is 0 Å². The number of allylic oxidation sites excluding steroid dienone is 1. The third kappa shape index (κ3) is 2.47. The fourth-order valence-electron chi connectivity index (χ4n) is 1.45. The third-order valence-electron chi connectivity index (χ3n) is 2.63. The second-order valence-corrected chi connectivity index (χ2v) is 3.75. The molecule has 0 radical (unpaired) electrons. The van der Waals surface area contributed by atoms with Crippen LogP contribution in [0.3, 0.4) is 0 Å². The Labute approximate surface area is 99.6 Å². The summed E-state index contributed by atoms with van der Waals surface area (Å²) in [6, 6.07) is 3.49. The maximum atomic E-state index is 11.8. The molecule has 0 amide bonds. The van der Waals surface area contributed by atoms with Gasteiger partial charge < -0.3 is 0 Å². The number of ketones is 1. The van der Waals surface area contributed by atoms with E-state index in [0.717, 1.165) is 11.3 Å². The summed E-state index contributed by atoms with van der Waals surface area (Å²) < 4.78 is 1.77. The fourth-order valence-corrected chi connectivity index (χ4v) is 1.45.